The van der Waals surface area contributed by atoms with Crippen molar-refractivity contribution in [2.45, 2.75) is 6.61 Å². The van der Waals surface area contributed by atoms with E-state index in [1.54, 1.807) is 24.3 Å². The zero-order valence-electron chi connectivity index (χ0n) is 18.6. The standard InChI is InChI=1S/C26H19BrN2O7/c27-18-6-11-22(36-15-23(30)31)17(12-18)13-21-24(32)28-26(34)29(25(21)33)19-7-9-20(10-8-19)35-14-16-4-2-1-3-5-16/h1-13H,14-15H2,(H,30,31)(H,28,32,34)/b21-13+. The van der Waals surface area contributed by atoms with Crippen LogP contribution in [0, 0.1) is 0 Å². The highest BCUT2D eigenvalue weighted by Gasteiger charge is 2.37. The molecule has 0 atom stereocenters. The van der Waals surface area contributed by atoms with E-state index in [9.17, 15) is 19.2 Å². The number of hydrogen-bond donors (Lipinski definition) is 2. The number of carbonyl (C=O) groups is 4. The summed E-state index contributed by atoms with van der Waals surface area (Å²) in [5.74, 6) is -2.22. The van der Waals surface area contributed by atoms with Crippen LogP contribution in [0.25, 0.3) is 6.08 Å². The van der Waals surface area contributed by atoms with Crippen molar-refractivity contribution in [3.8, 4) is 11.5 Å². The monoisotopic (exact) mass is 550 g/mol. The molecule has 1 heterocycles. The number of amides is 4. The molecule has 4 rings (SSSR count). The molecule has 0 spiro atoms. The van der Waals surface area contributed by atoms with E-state index in [1.807, 2.05) is 30.3 Å². The molecule has 1 aliphatic heterocycles. The third-order valence-corrected chi connectivity index (χ3v) is 5.56. The number of ether oxygens (including phenoxy) is 2. The average molecular weight is 551 g/mol. The van der Waals surface area contributed by atoms with Gasteiger partial charge in [-0.15, -0.1) is 0 Å². The van der Waals surface area contributed by atoms with Crippen LogP contribution < -0.4 is 19.7 Å². The summed E-state index contributed by atoms with van der Waals surface area (Å²) in [6, 6.07) is 19.7. The Kier molecular flexibility index (Phi) is 7.45. The van der Waals surface area contributed by atoms with Crippen molar-refractivity contribution in [3.63, 3.8) is 0 Å². The van der Waals surface area contributed by atoms with Crippen molar-refractivity contribution < 1.29 is 33.8 Å². The second kappa shape index (κ2) is 10.9. The summed E-state index contributed by atoms with van der Waals surface area (Å²) < 4.78 is 11.6. The molecular formula is C26H19BrN2O7. The second-order valence-corrected chi connectivity index (χ2v) is 8.51. The highest BCUT2D eigenvalue weighted by atomic mass is 79.9. The van der Waals surface area contributed by atoms with Crippen LogP contribution in [0.2, 0.25) is 0 Å². The van der Waals surface area contributed by atoms with Gasteiger partial charge < -0.3 is 14.6 Å². The number of carboxylic acid groups (broad SMARTS) is 1. The molecule has 10 heteroatoms. The Bertz CT molecular complexity index is 1350. The maximum atomic E-state index is 13.2. The first kappa shape index (κ1) is 24.7. The van der Waals surface area contributed by atoms with Crippen LogP contribution in [0.15, 0.2) is 82.8 Å². The molecule has 3 aromatic rings. The molecule has 1 aliphatic rings. The average Bonchev–Trinajstić information content (AvgIpc) is 2.86. The lowest BCUT2D eigenvalue weighted by molar-refractivity contribution is -0.139. The SMILES string of the molecule is O=C(O)COc1ccc(Br)cc1/C=C1\C(=O)NC(=O)N(c2ccc(OCc3ccccc3)cc2)C1=O. The summed E-state index contributed by atoms with van der Waals surface area (Å²) in [6.07, 6.45) is 1.25. The van der Waals surface area contributed by atoms with E-state index < -0.39 is 30.4 Å². The number of rotatable bonds is 8. The molecule has 0 radical (unpaired) electrons. The molecule has 1 saturated heterocycles. The van der Waals surface area contributed by atoms with E-state index in [0.717, 1.165) is 10.5 Å². The Balaban J connectivity index is 1.57. The minimum absolute atomic E-state index is 0.150. The van der Waals surface area contributed by atoms with E-state index in [2.05, 4.69) is 21.2 Å². The van der Waals surface area contributed by atoms with Crippen LogP contribution in [0.4, 0.5) is 10.5 Å². The number of anilines is 1. The van der Waals surface area contributed by atoms with Gasteiger partial charge >= 0.3 is 12.0 Å². The molecule has 0 unspecified atom stereocenters. The largest absolute Gasteiger partial charge is 0.489 e. The maximum absolute atomic E-state index is 13.2. The normalized spacial score (nSPS) is 14.5. The van der Waals surface area contributed by atoms with Crippen molar-refractivity contribution >= 4 is 51.5 Å². The second-order valence-electron chi connectivity index (χ2n) is 7.59. The number of carbonyl (C=O) groups excluding carboxylic acids is 3. The van der Waals surface area contributed by atoms with E-state index >= 15 is 0 Å². The van der Waals surface area contributed by atoms with Gasteiger partial charge in [0.05, 0.1) is 5.69 Å². The van der Waals surface area contributed by atoms with Gasteiger partial charge in [0.2, 0.25) is 0 Å². The lowest BCUT2D eigenvalue weighted by Gasteiger charge is -2.26. The van der Waals surface area contributed by atoms with Gasteiger partial charge in [0.15, 0.2) is 6.61 Å². The zero-order valence-corrected chi connectivity index (χ0v) is 20.2. The number of barbiturate groups is 1. The van der Waals surface area contributed by atoms with Crippen molar-refractivity contribution in [1.82, 2.24) is 5.32 Å². The topological polar surface area (TPSA) is 122 Å². The number of halogens is 1. The lowest BCUT2D eigenvalue weighted by atomic mass is 10.1. The molecular weight excluding hydrogens is 532 g/mol. The minimum atomic E-state index is -1.18. The van der Waals surface area contributed by atoms with Crippen molar-refractivity contribution in [1.29, 1.82) is 0 Å². The lowest BCUT2D eigenvalue weighted by Crippen LogP contribution is -2.54. The van der Waals surface area contributed by atoms with Crippen LogP contribution in [0.1, 0.15) is 11.1 Å². The predicted molar refractivity (Wildman–Crippen MR) is 133 cm³/mol. The van der Waals surface area contributed by atoms with Crippen LogP contribution >= 0.6 is 15.9 Å². The van der Waals surface area contributed by atoms with E-state index in [-0.39, 0.29) is 22.6 Å². The first-order valence-corrected chi connectivity index (χ1v) is 11.4. The summed E-state index contributed by atoms with van der Waals surface area (Å²) in [5, 5.41) is 11.1. The third-order valence-electron chi connectivity index (χ3n) is 5.07. The molecule has 1 fully saturated rings. The fourth-order valence-electron chi connectivity index (χ4n) is 3.38. The van der Waals surface area contributed by atoms with Crippen LogP contribution in [-0.4, -0.2) is 35.5 Å². The van der Waals surface area contributed by atoms with E-state index in [0.29, 0.717) is 16.8 Å². The molecule has 36 heavy (non-hydrogen) atoms. The van der Waals surface area contributed by atoms with Crippen molar-refractivity contribution in [2.75, 3.05) is 11.5 Å². The van der Waals surface area contributed by atoms with Crippen molar-refractivity contribution in [2.24, 2.45) is 0 Å². The van der Waals surface area contributed by atoms with Crippen LogP contribution in [0.3, 0.4) is 0 Å². The van der Waals surface area contributed by atoms with Gasteiger partial charge in [-0.1, -0.05) is 46.3 Å². The number of hydrogen-bond acceptors (Lipinski definition) is 6. The number of carboxylic acids is 1. The fraction of sp³-hybridized carbons (Fsp3) is 0.0769. The van der Waals surface area contributed by atoms with Gasteiger partial charge in [0, 0.05) is 10.0 Å². The molecule has 9 nitrogen and oxygen atoms in total. The Morgan fingerprint density at radius 2 is 1.69 bits per heavy atom. The molecule has 0 aliphatic carbocycles. The molecule has 0 bridgehead atoms. The smallest absolute Gasteiger partial charge is 0.341 e. The van der Waals surface area contributed by atoms with Gasteiger partial charge in [0.25, 0.3) is 11.8 Å². The number of aliphatic carboxylic acids is 1. The van der Waals surface area contributed by atoms with Gasteiger partial charge in [-0.05, 0) is 54.1 Å². The molecule has 2 N–H and O–H groups in total. The van der Waals surface area contributed by atoms with Crippen LogP contribution in [-0.2, 0) is 21.0 Å². The fourth-order valence-corrected chi connectivity index (χ4v) is 3.76. The zero-order chi connectivity index (χ0) is 25.7. The van der Waals surface area contributed by atoms with E-state index in [1.165, 1.54) is 24.3 Å². The summed E-state index contributed by atoms with van der Waals surface area (Å²) in [4.78, 5) is 50.0. The van der Waals surface area contributed by atoms with Gasteiger partial charge in [-0.2, -0.15) is 0 Å². The summed E-state index contributed by atoms with van der Waals surface area (Å²) in [7, 11) is 0. The molecule has 0 saturated carbocycles. The van der Waals surface area contributed by atoms with Gasteiger partial charge in [0.1, 0.15) is 23.7 Å². The summed E-state index contributed by atoms with van der Waals surface area (Å²) in [5.41, 5.74) is 1.18. The number of nitrogens with zero attached hydrogens (tertiary/aromatic N) is 1. The third kappa shape index (κ3) is 5.78. The first-order valence-electron chi connectivity index (χ1n) is 10.6. The summed E-state index contributed by atoms with van der Waals surface area (Å²) in [6.45, 7) is -0.259. The molecule has 0 aromatic heterocycles. The Labute approximate surface area is 214 Å². The Morgan fingerprint density at radius 3 is 2.39 bits per heavy atom. The molecule has 182 valence electrons. The highest BCUT2D eigenvalue weighted by Crippen LogP contribution is 2.29. The number of urea groups is 1. The Morgan fingerprint density at radius 1 is 0.972 bits per heavy atom. The number of imide groups is 2. The Hall–Kier alpha value is -4.44. The highest BCUT2D eigenvalue weighted by molar-refractivity contribution is 9.10. The first-order chi connectivity index (χ1) is 17.3. The van der Waals surface area contributed by atoms with Crippen molar-refractivity contribution in [3.05, 3.63) is 94.0 Å². The van der Waals surface area contributed by atoms with Crippen LogP contribution in [0.5, 0.6) is 11.5 Å². The number of benzene rings is 3. The minimum Gasteiger partial charge on any atom is -0.489 e. The number of nitrogens with one attached hydrogen (secondary N) is 1. The molecule has 3 aromatic carbocycles. The summed E-state index contributed by atoms with van der Waals surface area (Å²) >= 11 is 3.30. The maximum Gasteiger partial charge on any atom is 0.341 e. The predicted octanol–water partition coefficient (Wildman–Crippen LogP) is 4.16. The van der Waals surface area contributed by atoms with Gasteiger partial charge in [-0.25, -0.2) is 14.5 Å². The van der Waals surface area contributed by atoms with E-state index in [4.69, 9.17) is 14.6 Å². The van der Waals surface area contributed by atoms with Gasteiger partial charge in [-0.3, -0.25) is 14.9 Å². The molecule has 4 amide bonds. The quantitative estimate of drug-likeness (QED) is 0.319.